The molecule has 200 valence electrons. The first-order valence-electron chi connectivity index (χ1n) is 12.2. The van der Waals surface area contributed by atoms with E-state index in [4.69, 9.17) is 0 Å². The Morgan fingerprint density at radius 2 is 1.97 bits per heavy atom. The molecule has 0 spiro atoms. The molecule has 0 aromatic carbocycles. The van der Waals surface area contributed by atoms with Crippen LogP contribution in [0, 0.1) is 11.3 Å². The lowest BCUT2D eigenvalue weighted by Crippen LogP contribution is -2.43. The van der Waals surface area contributed by atoms with Crippen molar-refractivity contribution in [3.05, 3.63) is 59.1 Å². The average molecular weight is 526 g/mol. The maximum absolute atomic E-state index is 13.3. The number of fused-ring (bicyclic) bond motifs is 1. The van der Waals surface area contributed by atoms with Crippen LogP contribution in [-0.4, -0.2) is 78.0 Å². The van der Waals surface area contributed by atoms with E-state index in [0.717, 1.165) is 43.3 Å². The van der Waals surface area contributed by atoms with Crippen molar-refractivity contribution in [2.75, 3.05) is 45.7 Å². The van der Waals surface area contributed by atoms with Gasteiger partial charge < -0.3 is 19.7 Å². The van der Waals surface area contributed by atoms with Crippen LogP contribution in [0.1, 0.15) is 23.6 Å². The van der Waals surface area contributed by atoms with Gasteiger partial charge in [0.25, 0.3) is 0 Å². The molecule has 1 aliphatic heterocycles. The van der Waals surface area contributed by atoms with Gasteiger partial charge in [-0.2, -0.15) is 18.4 Å². The van der Waals surface area contributed by atoms with Gasteiger partial charge in [-0.3, -0.25) is 10.3 Å². The number of allylic oxidation sites excluding steroid dienone is 1. The van der Waals surface area contributed by atoms with Crippen LogP contribution in [0.2, 0.25) is 0 Å². The predicted molar refractivity (Wildman–Crippen MR) is 141 cm³/mol. The van der Waals surface area contributed by atoms with E-state index in [1.807, 2.05) is 32.4 Å². The first-order chi connectivity index (χ1) is 18.1. The van der Waals surface area contributed by atoms with Crippen molar-refractivity contribution in [2.24, 2.45) is 4.99 Å². The summed E-state index contributed by atoms with van der Waals surface area (Å²) in [4.78, 5) is 22.0. The monoisotopic (exact) mass is 525 g/mol. The van der Waals surface area contributed by atoms with Gasteiger partial charge in [0.2, 0.25) is 0 Å². The summed E-state index contributed by atoms with van der Waals surface area (Å²) in [5.41, 5.74) is 1.54. The van der Waals surface area contributed by atoms with Crippen molar-refractivity contribution in [1.82, 2.24) is 30.1 Å². The van der Waals surface area contributed by atoms with Crippen LogP contribution < -0.4 is 10.2 Å². The molecule has 3 aromatic rings. The maximum Gasteiger partial charge on any atom is 0.417 e. The van der Waals surface area contributed by atoms with Gasteiger partial charge in [-0.15, -0.1) is 0 Å². The Labute approximate surface area is 219 Å². The van der Waals surface area contributed by atoms with Crippen LogP contribution in [0.15, 0.2) is 47.4 Å². The van der Waals surface area contributed by atoms with Gasteiger partial charge in [0.1, 0.15) is 17.5 Å². The second-order valence-electron chi connectivity index (χ2n) is 9.25. The minimum atomic E-state index is -4.53. The summed E-state index contributed by atoms with van der Waals surface area (Å²) in [6, 6.07) is 7.14. The van der Waals surface area contributed by atoms with Crippen molar-refractivity contribution in [1.29, 1.82) is 5.26 Å². The number of pyridine rings is 2. The molecular weight excluding hydrogens is 495 g/mol. The number of rotatable bonds is 9. The smallest absolute Gasteiger partial charge is 0.356 e. The Hall–Kier alpha value is -3.95. The van der Waals surface area contributed by atoms with E-state index in [-0.39, 0.29) is 11.0 Å². The summed E-state index contributed by atoms with van der Waals surface area (Å²) >= 11 is 0. The van der Waals surface area contributed by atoms with Crippen molar-refractivity contribution < 1.29 is 13.2 Å². The Kier molecular flexibility index (Phi) is 7.99. The first kappa shape index (κ1) is 27.1. The number of likely N-dealkylation sites (N-methyl/N-ethyl adjacent to an activating group) is 2. The second-order valence-corrected chi connectivity index (χ2v) is 9.25. The number of nitrogens with zero attached hydrogens (tertiary/aromatic N) is 7. The molecule has 0 saturated carbocycles. The molecule has 1 aliphatic rings. The largest absolute Gasteiger partial charge is 0.417 e. The lowest BCUT2D eigenvalue weighted by atomic mass is 10.0. The fraction of sp³-hybridized carbons (Fsp3) is 0.385. The molecule has 0 bridgehead atoms. The molecule has 0 saturated heterocycles. The van der Waals surface area contributed by atoms with Crippen LogP contribution >= 0.6 is 0 Å². The average Bonchev–Trinajstić information content (AvgIpc) is 3.31. The van der Waals surface area contributed by atoms with Gasteiger partial charge in [0.15, 0.2) is 6.29 Å². The molecule has 0 amide bonds. The zero-order valence-electron chi connectivity index (χ0n) is 21.7. The highest BCUT2D eigenvalue weighted by molar-refractivity contribution is 6.01. The van der Waals surface area contributed by atoms with Crippen molar-refractivity contribution in [3.8, 4) is 6.07 Å². The number of halogens is 3. The van der Waals surface area contributed by atoms with Crippen molar-refractivity contribution in [2.45, 2.75) is 25.9 Å². The summed E-state index contributed by atoms with van der Waals surface area (Å²) in [5.74, 6) is 0.904. The number of aliphatic imine (C=N–C) groups is 1. The Morgan fingerprint density at radius 3 is 2.61 bits per heavy atom. The molecule has 3 aromatic heterocycles. The third-order valence-electron chi connectivity index (χ3n) is 6.37. The molecular formula is C26H30F3N9. The third-order valence-corrected chi connectivity index (χ3v) is 6.37. The lowest BCUT2D eigenvalue weighted by molar-refractivity contribution is -0.137. The molecule has 4 heterocycles. The van der Waals surface area contributed by atoms with Gasteiger partial charge >= 0.3 is 6.18 Å². The zero-order valence-corrected chi connectivity index (χ0v) is 21.7. The standard InChI is InChI=1S/C26H30F3N9/c1-5-38(9-8-36(2)3)22-7-6-17(12-31-22)13-34-25-35-14-18(11-30)23(37(25)4)21-16-33-24-20(21)10-19(15-32-24)26(27,28)29/h6-7,10,12,14-16,25,34H,5,8-9,13H2,1-4H3,(H,32,33). The molecule has 1 unspecified atom stereocenters. The molecule has 4 rings (SSSR count). The summed E-state index contributed by atoms with van der Waals surface area (Å²) in [5, 5.41) is 13.3. The summed E-state index contributed by atoms with van der Waals surface area (Å²) in [7, 11) is 5.82. The first-order valence-corrected chi connectivity index (χ1v) is 12.2. The van der Waals surface area contributed by atoms with Gasteiger partial charge in [-0.25, -0.2) is 9.97 Å². The highest BCUT2D eigenvalue weighted by Gasteiger charge is 2.32. The third kappa shape index (κ3) is 5.79. The number of alkyl halides is 3. The van der Waals surface area contributed by atoms with Crippen LogP contribution in [0.5, 0.6) is 0 Å². The predicted octanol–water partition coefficient (Wildman–Crippen LogP) is 3.69. The fourth-order valence-corrected chi connectivity index (χ4v) is 4.25. The van der Waals surface area contributed by atoms with E-state index in [2.05, 4.69) is 48.1 Å². The minimum absolute atomic E-state index is 0.243. The number of hydrogen-bond acceptors (Lipinski definition) is 8. The highest BCUT2D eigenvalue weighted by atomic mass is 19.4. The zero-order chi connectivity index (χ0) is 27.4. The van der Waals surface area contributed by atoms with Crippen molar-refractivity contribution in [3.63, 3.8) is 0 Å². The van der Waals surface area contributed by atoms with E-state index in [1.165, 1.54) is 6.21 Å². The quantitative estimate of drug-likeness (QED) is 0.440. The highest BCUT2D eigenvalue weighted by Crippen LogP contribution is 2.35. The number of hydrogen-bond donors (Lipinski definition) is 2. The Bertz CT molecular complexity index is 1370. The van der Waals surface area contributed by atoms with E-state index in [1.54, 1.807) is 18.1 Å². The number of aromatic amines is 1. The fourth-order valence-electron chi connectivity index (χ4n) is 4.25. The number of H-pyrrole nitrogens is 1. The number of nitrogens with one attached hydrogen (secondary N) is 2. The summed E-state index contributed by atoms with van der Waals surface area (Å²) < 4.78 is 40.0. The van der Waals surface area contributed by atoms with Crippen LogP contribution in [0.3, 0.4) is 0 Å². The van der Waals surface area contributed by atoms with Gasteiger partial charge in [-0.05, 0) is 38.7 Å². The van der Waals surface area contributed by atoms with Gasteiger partial charge in [0, 0.05) is 69.0 Å². The van der Waals surface area contributed by atoms with Crippen LogP contribution in [0.4, 0.5) is 19.0 Å². The van der Waals surface area contributed by atoms with E-state index >= 15 is 0 Å². The maximum atomic E-state index is 13.3. The molecule has 1 atom stereocenters. The van der Waals surface area contributed by atoms with Gasteiger partial charge in [0.05, 0.1) is 16.8 Å². The minimum Gasteiger partial charge on any atom is -0.356 e. The molecule has 12 heteroatoms. The van der Waals surface area contributed by atoms with Crippen LogP contribution in [0.25, 0.3) is 16.7 Å². The summed E-state index contributed by atoms with van der Waals surface area (Å²) in [6.45, 7) is 5.20. The lowest BCUT2D eigenvalue weighted by Gasteiger charge is -2.33. The topological polar surface area (TPSA) is 99.5 Å². The molecule has 38 heavy (non-hydrogen) atoms. The molecule has 2 N–H and O–H groups in total. The van der Waals surface area contributed by atoms with Crippen molar-refractivity contribution >= 4 is 28.8 Å². The SMILES string of the molecule is CCN(CCN(C)C)c1ccc(CNC2N=CC(C#N)=C(c3c[nH]c4ncc(C(F)(F)F)cc34)N2C)cn1. The van der Waals surface area contributed by atoms with E-state index in [9.17, 15) is 18.4 Å². The number of anilines is 1. The molecule has 0 radical (unpaired) electrons. The number of nitriles is 1. The summed E-state index contributed by atoms with van der Waals surface area (Å²) in [6.07, 6.45) is 0.538. The normalized spacial score (nSPS) is 16.0. The van der Waals surface area contributed by atoms with Gasteiger partial charge in [-0.1, -0.05) is 6.07 Å². The van der Waals surface area contributed by atoms with E-state index in [0.29, 0.717) is 23.5 Å². The molecule has 0 fully saturated rings. The number of aromatic nitrogens is 3. The second kappa shape index (κ2) is 11.2. The molecule has 9 nitrogen and oxygen atoms in total. The Balaban J connectivity index is 1.51. The Morgan fingerprint density at radius 1 is 1.18 bits per heavy atom. The van der Waals surface area contributed by atoms with Crippen LogP contribution in [-0.2, 0) is 12.7 Å². The van der Waals surface area contributed by atoms with E-state index < -0.39 is 18.0 Å². The molecule has 0 aliphatic carbocycles.